The molecule has 0 spiro atoms. The summed E-state index contributed by atoms with van der Waals surface area (Å²) in [6, 6.07) is 0. The van der Waals surface area contributed by atoms with Gasteiger partial charge in [-0.15, -0.1) is 0 Å². The van der Waals surface area contributed by atoms with Crippen molar-refractivity contribution in [3.8, 4) is 0 Å². The monoisotopic (exact) mass is 600 g/mol. The zero-order valence-corrected chi connectivity index (χ0v) is 25.7. The number of nitrogens with one attached hydrogen (secondary N) is 2. The zero-order valence-electron chi connectivity index (χ0n) is 25.7. The lowest BCUT2D eigenvalue weighted by atomic mass is 10.2. The number of hydrogen-bond donors (Lipinski definition) is 2. The predicted molar refractivity (Wildman–Crippen MR) is 162 cm³/mol. The molecule has 0 aromatic rings. The molecule has 0 fully saturated rings. The molecule has 242 valence electrons. The fourth-order valence-corrected chi connectivity index (χ4v) is 2.03. The molecule has 0 unspecified atom stereocenters. The van der Waals surface area contributed by atoms with Crippen LogP contribution in [-0.4, -0.2) is 74.2 Å². The topological polar surface area (TPSA) is 163 Å². The maximum Gasteiger partial charge on any atom is 0.407 e. The molecule has 12 nitrogen and oxygen atoms in total. The number of rotatable bonds is 13. The van der Waals surface area contributed by atoms with Crippen LogP contribution in [0.25, 0.3) is 0 Å². The highest BCUT2D eigenvalue weighted by atomic mass is 16.6. The molecule has 2 amide bonds. The maximum atomic E-state index is 11.3. The normalized spacial score (nSPS) is 10.7. The Labute approximate surface area is 251 Å². The minimum absolute atomic E-state index is 0. The van der Waals surface area contributed by atoms with Crippen LogP contribution in [0.2, 0.25) is 0 Å². The summed E-state index contributed by atoms with van der Waals surface area (Å²) in [5, 5.41) is 5.08. The third kappa shape index (κ3) is 43.1. The molecule has 0 radical (unpaired) electrons. The molecule has 0 saturated carbocycles. The van der Waals surface area contributed by atoms with E-state index < -0.39 is 29.4 Å². The maximum absolute atomic E-state index is 11.3. The van der Waals surface area contributed by atoms with Crippen LogP contribution >= 0.6 is 0 Å². The first-order valence-electron chi connectivity index (χ1n) is 13.3. The summed E-state index contributed by atoms with van der Waals surface area (Å²) in [4.78, 5) is 63.2. The molecule has 42 heavy (non-hydrogen) atoms. The van der Waals surface area contributed by atoms with Gasteiger partial charge in [0.25, 0.3) is 0 Å². The van der Waals surface area contributed by atoms with Gasteiger partial charge in [-0.05, 0) is 61.8 Å². The minimum atomic E-state index is -0.484. The van der Waals surface area contributed by atoms with Gasteiger partial charge in [-0.1, -0.05) is 31.7 Å². The van der Waals surface area contributed by atoms with E-state index in [1.165, 1.54) is 18.2 Å². The van der Waals surface area contributed by atoms with Gasteiger partial charge < -0.3 is 39.2 Å². The van der Waals surface area contributed by atoms with Crippen molar-refractivity contribution in [2.24, 2.45) is 0 Å². The Kier molecular flexibility index (Phi) is 30.6. The number of alkyl carbamates (subject to hydrolysis) is 2. The van der Waals surface area contributed by atoms with Crippen LogP contribution in [0.3, 0.4) is 0 Å². The lowest BCUT2D eigenvalue weighted by Crippen LogP contribution is -2.33. The van der Waals surface area contributed by atoms with Gasteiger partial charge in [-0.3, -0.25) is 0 Å². The van der Waals surface area contributed by atoms with E-state index >= 15 is 0 Å². The van der Waals surface area contributed by atoms with Gasteiger partial charge in [0.1, 0.15) is 23.8 Å². The van der Waals surface area contributed by atoms with Crippen molar-refractivity contribution in [2.75, 3.05) is 26.3 Å². The molecule has 0 saturated heterocycles. The molecular weight excluding hydrogens is 548 g/mol. The summed E-state index contributed by atoms with van der Waals surface area (Å²) >= 11 is 0. The molecule has 12 heteroatoms. The summed E-state index contributed by atoms with van der Waals surface area (Å²) < 4.78 is 19.3. The Hall–Kier alpha value is -3.96. The number of allylic oxidation sites excluding steroid dienone is 3. The number of aldehydes is 2. The number of carbonyl (C=O) groups is 6. The van der Waals surface area contributed by atoms with Crippen molar-refractivity contribution in [3.05, 3.63) is 36.5 Å². The van der Waals surface area contributed by atoms with Gasteiger partial charge in [-0.2, -0.15) is 0 Å². The fraction of sp³-hybridized carbons (Fsp3) is 0.600. The molecule has 0 aromatic heterocycles. The van der Waals surface area contributed by atoms with Crippen molar-refractivity contribution >= 4 is 36.7 Å². The van der Waals surface area contributed by atoms with Crippen LogP contribution in [0, 0.1) is 0 Å². The molecule has 2 N–H and O–H groups in total. The quantitative estimate of drug-likeness (QED) is 0.0733. The predicted octanol–water partition coefficient (Wildman–Crippen LogP) is 5.01. The van der Waals surface area contributed by atoms with Gasteiger partial charge in [0, 0.05) is 38.1 Å². The molecular formula is C30H52N2O10. The second kappa shape index (κ2) is 28.6. The lowest BCUT2D eigenvalue weighted by Gasteiger charge is -2.19. The fourth-order valence-electron chi connectivity index (χ4n) is 2.03. The van der Waals surface area contributed by atoms with Gasteiger partial charge in [0.05, 0.1) is 13.2 Å². The first-order chi connectivity index (χ1) is 19.1. The van der Waals surface area contributed by atoms with E-state index in [1.807, 2.05) is 26.8 Å². The molecule has 0 bridgehead atoms. The molecule has 0 rings (SSSR count). The Bertz CT molecular complexity index is 851. The Balaban J connectivity index is -0.000000272. The van der Waals surface area contributed by atoms with E-state index in [0.717, 1.165) is 12.6 Å². The summed E-state index contributed by atoms with van der Waals surface area (Å²) in [5.74, 6) is -0.761. The van der Waals surface area contributed by atoms with Crippen molar-refractivity contribution in [1.82, 2.24) is 10.6 Å². The highest BCUT2D eigenvalue weighted by Gasteiger charge is 2.15. The molecule has 0 atom stereocenters. The van der Waals surface area contributed by atoms with E-state index in [0.29, 0.717) is 39.1 Å². The van der Waals surface area contributed by atoms with Crippen molar-refractivity contribution in [2.45, 2.75) is 93.3 Å². The number of carbonyl (C=O) groups excluding carboxylic acids is 6. The summed E-state index contributed by atoms with van der Waals surface area (Å²) in [6.45, 7) is 15.8. The molecule has 0 aromatic carbocycles. The highest BCUT2D eigenvalue weighted by Crippen LogP contribution is 2.06. The van der Waals surface area contributed by atoms with Crippen LogP contribution in [-0.2, 0) is 38.1 Å². The lowest BCUT2D eigenvalue weighted by molar-refractivity contribution is -0.138. The van der Waals surface area contributed by atoms with Gasteiger partial charge in [0.2, 0.25) is 0 Å². The van der Waals surface area contributed by atoms with Crippen molar-refractivity contribution < 1.29 is 47.7 Å². The van der Waals surface area contributed by atoms with E-state index in [2.05, 4.69) is 15.4 Å². The van der Waals surface area contributed by atoms with Gasteiger partial charge in [0.15, 0.2) is 0 Å². The Morgan fingerprint density at radius 1 is 0.643 bits per heavy atom. The highest BCUT2D eigenvalue weighted by molar-refractivity contribution is 5.82. The van der Waals surface area contributed by atoms with Crippen LogP contribution in [0.15, 0.2) is 36.5 Å². The largest absolute Gasteiger partial charge is 0.463 e. The standard InChI is InChI=1S/C14H23NO4.C8H15NO3.C7H10O3.CH4/c1-5-18-12(16)10-8-6-7-9-11-15-13(17)19-14(2,3)4;1-8(2,3)12-7(11)9-5-4-6-10;1-2-10-7(9)5-3-4-6-8;/h6-8,10H,5,9,11H2,1-4H3,(H,15,17);6H,4-5H2,1-3H3,(H,9,11);3,5-6H,2,4H2,1H3;1H4/b7-6+,10-8+;;5-3+;. The van der Waals surface area contributed by atoms with Gasteiger partial charge in [-0.25, -0.2) is 19.2 Å². The Morgan fingerprint density at radius 2 is 1.10 bits per heavy atom. The van der Waals surface area contributed by atoms with Crippen molar-refractivity contribution in [3.63, 3.8) is 0 Å². The SMILES string of the molecule is C.CC(C)(C)OC(=O)NCCC=O.CCOC(=O)/C=C/C=C/CCNC(=O)OC(C)(C)C.CCOC(=O)/C=C/CC=O. The summed E-state index contributed by atoms with van der Waals surface area (Å²) in [5.41, 5.74) is -0.965. The first kappa shape index (κ1) is 45.0. The van der Waals surface area contributed by atoms with Crippen molar-refractivity contribution in [1.29, 1.82) is 0 Å². The van der Waals surface area contributed by atoms with E-state index in [1.54, 1.807) is 46.8 Å². The van der Waals surface area contributed by atoms with Crippen LogP contribution in [0.1, 0.15) is 82.1 Å². The first-order valence-corrected chi connectivity index (χ1v) is 13.3. The number of esters is 2. The summed E-state index contributed by atoms with van der Waals surface area (Å²) in [6.07, 6.45) is 11.0. The average Bonchev–Trinajstić information content (AvgIpc) is 2.83. The number of ether oxygens (including phenoxy) is 4. The van der Waals surface area contributed by atoms with Gasteiger partial charge >= 0.3 is 24.1 Å². The third-order valence-corrected chi connectivity index (χ3v) is 3.45. The Morgan fingerprint density at radius 3 is 1.50 bits per heavy atom. The van der Waals surface area contributed by atoms with E-state index in [-0.39, 0.29) is 19.8 Å². The minimum Gasteiger partial charge on any atom is -0.463 e. The second-order valence-electron chi connectivity index (χ2n) is 9.70. The second-order valence-corrected chi connectivity index (χ2v) is 9.70. The third-order valence-electron chi connectivity index (χ3n) is 3.45. The van der Waals surface area contributed by atoms with Crippen LogP contribution in [0.4, 0.5) is 9.59 Å². The summed E-state index contributed by atoms with van der Waals surface area (Å²) in [7, 11) is 0. The van der Waals surface area contributed by atoms with Crippen LogP contribution < -0.4 is 10.6 Å². The van der Waals surface area contributed by atoms with E-state index in [9.17, 15) is 28.8 Å². The van der Waals surface area contributed by atoms with Crippen LogP contribution in [0.5, 0.6) is 0 Å². The zero-order chi connectivity index (χ0) is 32.2. The number of amides is 2. The molecule has 0 heterocycles. The molecule has 0 aliphatic rings. The molecule has 0 aliphatic carbocycles. The average molecular weight is 601 g/mol. The molecule has 0 aliphatic heterocycles. The number of hydrogen-bond acceptors (Lipinski definition) is 10. The van der Waals surface area contributed by atoms with E-state index in [4.69, 9.17) is 14.2 Å². The smallest absolute Gasteiger partial charge is 0.407 e.